The summed E-state index contributed by atoms with van der Waals surface area (Å²) in [5.41, 5.74) is 0. The summed E-state index contributed by atoms with van der Waals surface area (Å²) >= 11 is 1.09. The Hall–Kier alpha value is -0.670. The van der Waals surface area contributed by atoms with Crippen LogP contribution < -0.4 is 5.32 Å². The summed E-state index contributed by atoms with van der Waals surface area (Å²) in [6.07, 6.45) is 1.71. The summed E-state index contributed by atoms with van der Waals surface area (Å²) in [6.45, 7) is 1.97. The topological polar surface area (TPSA) is 75.7 Å². The molecule has 0 saturated carbocycles. The van der Waals surface area contributed by atoms with E-state index in [1.54, 1.807) is 0 Å². The average Bonchev–Trinajstić information content (AvgIpc) is 2.98. The highest BCUT2D eigenvalue weighted by molar-refractivity contribution is 7.89. The fraction of sp³-hybridized carbons (Fsp3) is 0.615. The van der Waals surface area contributed by atoms with E-state index in [0.717, 1.165) is 30.7 Å². The number of carbonyl (C=O) groups excluding carboxylic acids is 1. The molecule has 0 amide bonds. The predicted molar refractivity (Wildman–Crippen MR) is 88.3 cm³/mol. The summed E-state index contributed by atoms with van der Waals surface area (Å²) in [5.74, 6) is 0.0173. The maximum atomic E-state index is 12.5. The molecule has 0 aliphatic carbocycles. The number of sulfonamides is 1. The van der Waals surface area contributed by atoms with E-state index in [1.807, 2.05) is 7.05 Å². The van der Waals surface area contributed by atoms with Crippen molar-refractivity contribution in [2.24, 2.45) is 5.92 Å². The molecule has 2 heterocycles. The highest BCUT2D eigenvalue weighted by atomic mass is 35.5. The zero-order valence-corrected chi connectivity index (χ0v) is 15.0. The molecule has 0 atom stereocenters. The third kappa shape index (κ3) is 4.20. The van der Waals surface area contributed by atoms with Gasteiger partial charge in [0.05, 0.1) is 12.0 Å². The second kappa shape index (κ2) is 8.26. The molecule has 1 saturated heterocycles. The number of thiophene rings is 1. The van der Waals surface area contributed by atoms with Crippen LogP contribution in [0.1, 0.15) is 22.5 Å². The van der Waals surface area contributed by atoms with Crippen molar-refractivity contribution in [3.05, 3.63) is 16.3 Å². The molecule has 2 rings (SSSR count). The molecule has 0 bridgehead atoms. The van der Waals surface area contributed by atoms with E-state index in [1.165, 1.54) is 22.9 Å². The van der Waals surface area contributed by atoms with E-state index in [2.05, 4.69) is 10.1 Å². The van der Waals surface area contributed by atoms with Gasteiger partial charge in [-0.3, -0.25) is 0 Å². The number of ether oxygens (including phenoxy) is 1. The highest BCUT2D eigenvalue weighted by Gasteiger charge is 2.30. The number of hydrogen-bond donors (Lipinski definition) is 1. The Morgan fingerprint density at radius 3 is 2.64 bits per heavy atom. The van der Waals surface area contributed by atoms with Gasteiger partial charge in [0.2, 0.25) is 10.0 Å². The van der Waals surface area contributed by atoms with Crippen molar-refractivity contribution < 1.29 is 17.9 Å². The fourth-order valence-corrected chi connectivity index (χ4v) is 5.10. The Morgan fingerprint density at radius 2 is 2.09 bits per heavy atom. The van der Waals surface area contributed by atoms with Crippen molar-refractivity contribution in [2.75, 3.05) is 33.8 Å². The van der Waals surface area contributed by atoms with Crippen LogP contribution in [-0.4, -0.2) is 52.5 Å². The van der Waals surface area contributed by atoms with Gasteiger partial charge in [0.1, 0.15) is 4.88 Å². The zero-order chi connectivity index (χ0) is 15.5. The number of hydrogen-bond acceptors (Lipinski definition) is 6. The summed E-state index contributed by atoms with van der Waals surface area (Å²) in [6, 6.07) is 1.39. The van der Waals surface area contributed by atoms with Crippen molar-refractivity contribution in [1.29, 1.82) is 0 Å². The SMILES string of the molecule is CNCC1CCN(S(=O)(=O)c2csc(C(=O)OC)c2)CC1.Cl. The molecule has 126 valence electrons. The maximum Gasteiger partial charge on any atom is 0.348 e. The second-order valence-electron chi connectivity index (χ2n) is 5.04. The number of piperidine rings is 1. The standard InChI is InChI=1S/C13H20N2O4S2.ClH/c1-14-8-10-3-5-15(6-4-10)21(17,18)11-7-12(20-9-11)13(16)19-2;/h7,9-10,14H,3-6,8H2,1-2H3;1H. The van der Waals surface area contributed by atoms with E-state index in [0.29, 0.717) is 23.9 Å². The van der Waals surface area contributed by atoms with E-state index in [4.69, 9.17) is 0 Å². The van der Waals surface area contributed by atoms with Crippen LogP contribution in [0.15, 0.2) is 16.3 Å². The summed E-state index contributed by atoms with van der Waals surface area (Å²) < 4.78 is 31.2. The molecule has 0 aromatic carbocycles. The molecule has 1 aliphatic heterocycles. The molecule has 1 N–H and O–H groups in total. The van der Waals surface area contributed by atoms with Gasteiger partial charge in [0.15, 0.2) is 0 Å². The lowest BCUT2D eigenvalue weighted by molar-refractivity contribution is 0.0606. The molecule has 1 aromatic rings. The fourth-order valence-electron chi connectivity index (χ4n) is 2.45. The monoisotopic (exact) mass is 368 g/mol. The van der Waals surface area contributed by atoms with Gasteiger partial charge >= 0.3 is 5.97 Å². The number of rotatable bonds is 5. The Labute approximate surface area is 141 Å². The van der Waals surface area contributed by atoms with Gasteiger partial charge in [-0.25, -0.2) is 13.2 Å². The Bertz CT molecular complexity index is 595. The van der Waals surface area contributed by atoms with Crippen LogP contribution >= 0.6 is 23.7 Å². The predicted octanol–water partition coefficient (Wildman–Crippen LogP) is 1.58. The minimum absolute atomic E-state index is 0. The van der Waals surface area contributed by atoms with E-state index >= 15 is 0 Å². The van der Waals surface area contributed by atoms with E-state index < -0.39 is 16.0 Å². The number of esters is 1. The van der Waals surface area contributed by atoms with Crippen LogP contribution in [0.5, 0.6) is 0 Å². The smallest absolute Gasteiger partial charge is 0.348 e. The molecule has 6 nitrogen and oxygen atoms in total. The first kappa shape index (κ1) is 19.4. The van der Waals surface area contributed by atoms with Crippen LogP contribution in [0.2, 0.25) is 0 Å². The Kier molecular flexibility index (Phi) is 7.27. The number of nitrogens with one attached hydrogen (secondary N) is 1. The zero-order valence-electron chi connectivity index (χ0n) is 12.6. The molecule has 0 spiro atoms. The maximum absolute atomic E-state index is 12.5. The Balaban J connectivity index is 0.00000242. The van der Waals surface area contributed by atoms with Crippen molar-refractivity contribution >= 4 is 39.7 Å². The molecule has 1 aromatic heterocycles. The quantitative estimate of drug-likeness (QED) is 0.798. The first-order valence-corrected chi connectivity index (χ1v) is 9.12. The third-order valence-electron chi connectivity index (χ3n) is 3.67. The number of nitrogens with zero attached hydrogens (tertiary/aromatic N) is 1. The van der Waals surface area contributed by atoms with Crippen molar-refractivity contribution in [1.82, 2.24) is 9.62 Å². The third-order valence-corrected chi connectivity index (χ3v) is 6.60. The second-order valence-corrected chi connectivity index (χ2v) is 7.89. The number of methoxy groups -OCH3 is 1. The van der Waals surface area contributed by atoms with Crippen LogP contribution in [0.3, 0.4) is 0 Å². The molecule has 9 heteroatoms. The normalized spacial score (nSPS) is 17.0. The summed E-state index contributed by atoms with van der Waals surface area (Å²) in [4.78, 5) is 11.9. The lowest BCUT2D eigenvalue weighted by Crippen LogP contribution is -2.40. The van der Waals surface area contributed by atoms with Crippen LogP contribution in [0.4, 0.5) is 0 Å². The number of halogens is 1. The average molecular weight is 369 g/mol. The van der Waals surface area contributed by atoms with Gasteiger partial charge in [-0.05, 0) is 38.4 Å². The van der Waals surface area contributed by atoms with Crippen molar-refractivity contribution in [2.45, 2.75) is 17.7 Å². The van der Waals surface area contributed by atoms with Gasteiger partial charge in [0, 0.05) is 18.5 Å². The lowest BCUT2D eigenvalue weighted by atomic mass is 9.98. The minimum atomic E-state index is -3.51. The first-order valence-electron chi connectivity index (χ1n) is 6.80. The van der Waals surface area contributed by atoms with Gasteiger partial charge in [-0.15, -0.1) is 23.7 Å². The largest absolute Gasteiger partial charge is 0.465 e. The van der Waals surface area contributed by atoms with Gasteiger partial charge in [0.25, 0.3) is 0 Å². The Morgan fingerprint density at radius 1 is 1.45 bits per heavy atom. The van der Waals surface area contributed by atoms with Crippen molar-refractivity contribution in [3.8, 4) is 0 Å². The molecule has 22 heavy (non-hydrogen) atoms. The van der Waals surface area contributed by atoms with Crippen LogP contribution in [-0.2, 0) is 14.8 Å². The lowest BCUT2D eigenvalue weighted by Gasteiger charge is -2.30. The highest BCUT2D eigenvalue weighted by Crippen LogP contribution is 2.27. The van der Waals surface area contributed by atoms with Crippen molar-refractivity contribution in [3.63, 3.8) is 0 Å². The number of carbonyl (C=O) groups is 1. The van der Waals surface area contributed by atoms with Gasteiger partial charge < -0.3 is 10.1 Å². The molecule has 1 fully saturated rings. The summed E-state index contributed by atoms with van der Waals surface area (Å²) in [7, 11) is -0.320. The molecule has 1 aliphatic rings. The van der Waals surface area contributed by atoms with Gasteiger partial charge in [-0.2, -0.15) is 4.31 Å². The van der Waals surface area contributed by atoms with Crippen LogP contribution in [0, 0.1) is 5.92 Å². The van der Waals surface area contributed by atoms with Crippen LogP contribution in [0.25, 0.3) is 0 Å². The van der Waals surface area contributed by atoms with Gasteiger partial charge in [-0.1, -0.05) is 0 Å². The molecule has 0 radical (unpaired) electrons. The summed E-state index contributed by atoms with van der Waals surface area (Å²) in [5, 5.41) is 4.63. The molecular formula is C13H21ClN2O4S2. The van der Waals surface area contributed by atoms with E-state index in [9.17, 15) is 13.2 Å². The molecule has 0 unspecified atom stereocenters. The minimum Gasteiger partial charge on any atom is -0.465 e. The van der Waals surface area contributed by atoms with E-state index in [-0.39, 0.29) is 17.3 Å². The molecular weight excluding hydrogens is 348 g/mol. The first-order chi connectivity index (χ1) is 9.98.